The molecule has 0 spiro atoms. The molecular weight excluding hydrogens is 427 g/mol. The Labute approximate surface area is 182 Å². The van der Waals surface area contributed by atoms with Crippen molar-refractivity contribution in [3.63, 3.8) is 0 Å². The fourth-order valence-electron chi connectivity index (χ4n) is 2.77. The number of benzene rings is 1. The summed E-state index contributed by atoms with van der Waals surface area (Å²) < 4.78 is 48.0. The molecule has 2 N–H and O–H groups in total. The van der Waals surface area contributed by atoms with Gasteiger partial charge in [0.15, 0.2) is 12.4 Å². The SMILES string of the molecule is CN1SC[C@@](C)(c2cc(/C=C(\F)c3cnc(OCC#CCF)cn3)ccc2F)N=C1N. The van der Waals surface area contributed by atoms with E-state index in [0.717, 1.165) is 0 Å². The average molecular weight is 447 g/mol. The first-order valence-corrected chi connectivity index (χ1v) is 10.1. The van der Waals surface area contributed by atoms with E-state index in [1.54, 1.807) is 24.3 Å². The predicted octanol–water partition coefficient (Wildman–Crippen LogP) is 3.56. The first kappa shape index (κ1) is 22.5. The number of ether oxygens (including phenoxy) is 1. The van der Waals surface area contributed by atoms with Gasteiger partial charge in [-0.1, -0.05) is 17.9 Å². The van der Waals surface area contributed by atoms with Gasteiger partial charge in [0, 0.05) is 18.4 Å². The molecule has 0 amide bonds. The molecule has 6 nitrogen and oxygen atoms in total. The molecule has 0 radical (unpaired) electrons. The third-order valence-corrected chi connectivity index (χ3v) is 5.71. The lowest BCUT2D eigenvalue weighted by Gasteiger charge is -2.34. The second kappa shape index (κ2) is 9.75. The van der Waals surface area contributed by atoms with Crippen molar-refractivity contribution >= 4 is 29.8 Å². The minimum atomic E-state index is -0.879. The summed E-state index contributed by atoms with van der Waals surface area (Å²) in [6.07, 6.45) is 3.68. The largest absolute Gasteiger partial charge is 0.463 e. The zero-order valence-electron chi connectivity index (χ0n) is 16.9. The van der Waals surface area contributed by atoms with E-state index in [9.17, 15) is 13.2 Å². The minimum absolute atomic E-state index is 0.0172. The van der Waals surface area contributed by atoms with Crippen LogP contribution in [-0.2, 0) is 5.54 Å². The lowest BCUT2D eigenvalue weighted by atomic mass is 9.92. The molecule has 162 valence electrons. The van der Waals surface area contributed by atoms with Gasteiger partial charge in [0.25, 0.3) is 0 Å². The summed E-state index contributed by atoms with van der Waals surface area (Å²) in [6, 6.07) is 4.28. The Morgan fingerprint density at radius 2 is 2.16 bits per heavy atom. The van der Waals surface area contributed by atoms with E-state index >= 15 is 0 Å². The summed E-state index contributed by atoms with van der Waals surface area (Å²) in [5.41, 5.74) is 5.77. The van der Waals surface area contributed by atoms with Gasteiger partial charge >= 0.3 is 0 Å². The molecule has 1 atom stereocenters. The van der Waals surface area contributed by atoms with Gasteiger partial charge in [-0.15, -0.1) is 0 Å². The maximum atomic E-state index is 14.7. The van der Waals surface area contributed by atoms with Crippen molar-refractivity contribution in [1.82, 2.24) is 14.3 Å². The van der Waals surface area contributed by atoms with Crippen molar-refractivity contribution in [2.24, 2.45) is 10.7 Å². The molecule has 2 heterocycles. The Morgan fingerprint density at radius 1 is 1.35 bits per heavy atom. The average Bonchev–Trinajstić information content (AvgIpc) is 2.76. The number of aliphatic imine (C=N–C) groups is 1. The van der Waals surface area contributed by atoms with E-state index < -0.39 is 23.9 Å². The number of hydrogen-bond acceptors (Lipinski definition) is 7. The fraction of sp³-hybridized carbons (Fsp3) is 0.286. The molecule has 10 heteroatoms. The number of nitrogens with zero attached hydrogens (tertiary/aromatic N) is 4. The molecule has 0 aliphatic carbocycles. The second-order valence-electron chi connectivity index (χ2n) is 6.76. The zero-order valence-corrected chi connectivity index (χ0v) is 17.7. The maximum absolute atomic E-state index is 14.7. The number of rotatable bonds is 5. The Morgan fingerprint density at radius 3 is 2.84 bits per heavy atom. The van der Waals surface area contributed by atoms with Crippen LogP contribution in [0, 0.1) is 17.7 Å². The van der Waals surface area contributed by atoms with Crippen LogP contribution in [0.15, 0.2) is 35.6 Å². The molecule has 0 saturated heterocycles. The molecule has 1 aliphatic heterocycles. The van der Waals surface area contributed by atoms with Gasteiger partial charge in [-0.3, -0.25) is 4.31 Å². The summed E-state index contributed by atoms with van der Waals surface area (Å²) in [6.45, 7) is 0.975. The van der Waals surface area contributed by atoms with Crippen LogP contribution in [0.3, 0.4) is 0 Å². The summed E-state index contributed by atoms with van der Waals surface area (Å²) >= 11 is 1.43. The van der Waals surface area contributed by atoms with Crippen molar-refractivity contribution in [2.45, 2.75) is 12.5 Å². The highest BCUT2D eigenvalue weighted by molar-refractivity contribution is 7.97. The van der Waals surface area contributed by atoms with Crippen LogP contribution in [0.4, 0.5) is 13.2 Å². The molecular formula is C21H20F3N5OS. The quantitative estimate of drug-likeness (QED) is 0.558. The van der Waals surface area contributed by atoms with Crippen LogP contribution in [0.2, 0.25) is 0 Å². The van der Waals surface area contributed by atoms with Gasteiger partial charge in [-0.2, -0.15) is 0 Å². The first-order valence-electron chi connectivity index (χ1n) is 9.18. The van der Waals surface area contributed by atoms with Crippen LogP contribution in [0.1, 0.15) is 23.7 Å². The van der Waals surface area contributed by atoms with E-state index in [1.165, 1.54) is 42.6 Å². The Kier molecular flexibility index (Phi) is 7.07. The van der Waals surface area contributed by atoms with Crippen LogP contribution < -0.4 is 10.5 Å². The number of halogens is 3. The Bertz CT molecular complexity index is 1060. The van der Waals surface area contributed by atoms with Gasteiger partial charge in [0.05, 0.1) is 12.4 Å². The van der Waals surface area contributed by atoms with E-state index in [4.69, 9.17) is 10.5 Å². The van der Waals surface area contributed by atoms with E-state index in [0.29, 0.717) is 22.8 Å². The molecule has 1 aromatic carbocycles. The van der Waals surface area contributed by atoms with Gasteiger partial charge in [0.1, 0.15) is 23.7 Å². The predicted molar refractivity (Wildman–Crippen MR) is 116 cm³/mol. The van der Waals surface area contributed by atoms with Crippen molar-refractivity contribution in [2.75, 3.05) is 26.1 Å². The Balaban J connectivity index is 1.81. The normalized spacial score (nSPS) is 18.8. The number of guanidine groups is 1. The highest BCUT2D eigenvalue weighted by Crippen LogP contribution is 2.36. The van der Waals surface area contributed by atoms with Crippen molar-refractivity contribution < 1.29 is 17.9 Å². The first-order chi connectivity index (χ1) is 14.8. The van der Waals surface area contributed by atoms with Crippen LogP contribution in [0.5, 0.6) is 5.88 Å². The number of hydrogen-bond donors (Lipinski definition) is 1. The highest BCUT2D eigenvalue weighted by Gasteiger charge is 2.34. The molecule has 0 saturated carbocycles. The molecule has 1 aromatic heterocycles. The molecule has 1 aliphatic rings. The van der Waals surface area contributed by atoms with Gasteiger partial charge in [-0.05, 0) is 42.6 Å². The minimum Gasteiger partial charge on any atom is -0.463 e. The maximum Gasteiger partial charge on any atom is 0.233 e. The van der Waals surface area contributed by atoms with Gasteiger partial charge in [-0.25, -0.2) is 28.1 Å². The summed E-state index contributed by atoms with van der Waals surface area (Å²) in [4.78, 5) is 12.3. The molecule has 0 bridgehead atoms. The third kappa shape index (κ3) is 5.49. The van der Waals surface area contributed by atoms with E-state index in [-0.39, 0.29) is 18.2 Å². The zero-order chi connectivity index (χ0) is 22.4. The van der Waals surface area contributed by atoms with Crippen LogP contribution >= 0.6 is 11.9 Å². The van der Waals surface area contributed by atoms with Gasteiger partial charge in [0.2, 0.25) is 11.8 Å². The van der Waals surface area contributed by atoms with Crippen LogP contribution in [-0.4, -0.2) is 46.3 Å². The van der Waals surface area contributed by atoms with Crippen molar-refractivity contribution in [1.29, 1.82) is 0 Å². The smallest absolute Gasteiger partial charge is 0.233 e. The van der Waals surface area contributed by atoms with Crippen LogP contribution in [0.25, 0.3) is 11.9 Å². The number of nitrogens with two attached hydrogens (primary N) is 1. The van der Waals surface area contributed by atoms with Crippen molar-refractivity contribution in [3.05, 3.63) is 53.2 Å². The topological polar surface area (TPSA) is 76.6 Å². The fourth-order valence-corrected chi connectivity index (χ4v) is 3.61. The van der Waals surface area contributed by atoms with Crippen molar-refractivity contribution in [3.8, 4) is 17.7 Å². The Hall–Kier alpha value is -3.19. The summed E-state index contributed by atoms with van der Waals surface area (Å²) in [5, 5.41) is 0. The second-order valence-corrected chi connectivity index (χ2v) is 7.86. The molecule has 31 heavy (non-hydrogen) atoms. The highest BCUT2D eigenvalue weighted by atomic mass is 32.2. The molecule has 3 rings (SSSR count). The monoisotopic (exact) mass is 447 g/mol. The lowest BCUT2D eigenvalue weighted by molar-refractivity contribution is 0.353. The van der Waals surface area contributed by atoms with E-state index in [1.807, 2.05) is 0 Å². The summed E-state index contributed by atoms with van der Waals surface area (Å²) in [5.74, 6) is 4.47. The van der Waals surface area contributed by atoms with E-state index in [2.05, 4.69) is 26.8 Å². The lowest BCUT2D eigenvalue weighted by Crippen LogP contribution is -2.40. The van der Waals surface area contributed by atoms with Gasteiger partial charge < -0.3 is 10.5 Å². The molecule has 2 aromatic rings. The molecule has 0 fully saturated rings. The third-order valence-electron chi connectivity index (χ3n) is 4.44. The molecule has 0 unspecified atom stereocenters. The number of alkyl halides is 1. The number of aromatic nitrogens is 2. The standard InChI is InChI=1S/C21H20F3N5OS/c1-21(13-31-29(2)20(25)28-21)15-9-14(5-6-16(15)23)10-17(24)18-11-27-19(12-26-18)30-8-4-3-7-22/h5-6,9-12H,7-8,13H2,1-2H3,(H2,25,28)/b17-10-/t21-/m0/s1. The summed E-state index contributed by atoms with van der Waals surface area (Å²) in [7, 11) is 1.78.